The average molecular weight is 297 g/mol. The summed E-state index contributed by atoms with van der Waals surface area (Å²) in [5, 5.41) is 13.4. The molecule has 0 heterocycles. The molecule has 1 unspecified atom stereocenters. The molecule has 2 heteroatoms. The summed E-state index contributed by atoms with van der Waals surface area (Å²) in [7, 11) is 0. The van der Waals surface area contributed by atoms with E-state index >= 15 is 0 Å². The Balaban J connectivity index is 1.77. The van der Waals surface area contributed by atoms with Gasteiger partial charge in [0, 0.05) is 11.4 Å². The lowest BCUT2D eigenvalue weighted by molar-refractivity contribution is 0.151. The zero-order valence-electron chi connectivity index (χ0n) is 13.5. The van der Waals surface area contributed by atoms with Crippen LogP contribution in [0.15, 0.2) is 54.6 Å². The molecule has 118 valence electrons. The summed E-state index contributed by atoms with van der Waals surface area (Å²) in [5.41, 5.74) is 3.48. The highest BCUT2D eigenvalue weighted by Gasteiger charge is 2.04. The third-order valence-corrected chi connectivity index (χ3v) is 3.92. The van der Waals surface area contributed by atoms with Gasteiger partial charge in [0.25, 0.3) is 0 Å². The van der Waals surface area contributed by atoms with Gasteiger partial charge in [-0.05, 0) is 49.1 Å². The molecule has 2 N–H and O–H groups in total. The molecule has 1 atom stereocenters. The van der Waals surface area contributed by atoms with Gasteiger partial charge in [0.05, 0.1) is 6.10 Å². The lowest BCUT2D eigenvalue weighted by Crippen LogP contribution is -2.07. The van der Waals surface area contributed by atoms with Crippen molar-refractivity contribution in [2.24, 2.45) is 0 Å². The van der Waals surface area contributed by atoms with Gasteiger partial charge in [-0.2, -0.15) is 0 Å². The Morgan fingerprint density at radius 3 is 2.23 bits per heavy atom. The molecule has 2 rings (SSSR count). The van der Waals surface area contributed by atoms with E-state index in [1.54, 1.807) is 0 Å². The van der Waals surface area contributed by atoms with Crippen LogP contribution in [-0.4, -0.2) is 11.2 Å². The molecule has 0 bridgehead atoms. The number of nitrogens with one attached hydrogen (secondary N) is 1. The first kappa shape index (κ1) is 16.6. The lowest BCUT2D eigenvalue weighted by atomic mass is 10.0. The minimum Gasteiger partial charge on any atom is -0.393 e. The van der Waals surface area contributed by atoms with E-state index in [2.05, 4.69) is 48.6 Å². The van der Waals surface area contributed by atoms with Crippen molar-refractivity contribution in [1.82, 2.24) is 0 Å². The Morgan fingerprint density at radius 2 is 1.55 bits per heavy atom. The molecule has 0 amide bonds. The van der Waals surface area contributed by atoms with Crippen molar-refractivity contribution >= 4 is 11.4 Å². The van der Waals surface area contributed by atoms with Gasteiger partial charge >= 0.3 is 0 Å². The van der Waals surface area contributed by atoms with Crippen LogP contribution in [0, 0.1) is 0 Å². The van der Waals surface area contributed by atoms with Crippen LogP contribution in [0.1, 0.15) is 44.6 Å². The second-order valence-electron chi connectivity index (χ2n) is 5.88. The van der Waals surface area contributed by atoms with Gasteiger partial charge in [-0.3, -0.25) is 0 Å². The third-order valence-electron chi connectivity index (χ3n) is 3.92. The second-order valence-corrected chi connectivity index (χ2v) is 5.88. The molecule has 0 aliphatic heterocycles. The summed E-state index contributed by atoms with van der Waals surface area (Å²) in [6.45, 7) is 2.19. The minimum absolute atomic E-state index is 0.159. The van der Waals surface area contributed by atoms with Crippen LogP contribution in [0.5, 0.6) is 0 Å². The number of unbranched alkanes of at least 4 members (excludes halogenated alkanes) is 2. The molecule has 0 saturated heterocycles. The highest BCUT2D eigenvalue weighted by molar-refractivity contribution is 5.59. The number of aryl methyl sites for hydroxylation is 1. The van der Waals surface area contributed by atoms with Crippen LogP contribution in [-0.2, 0) is 6.42 Å². The zero-order chi connectivity index (χ0) is 15.6. The summed E-state index contributed by atoms with van der Waals surface area (Å²) in [6.07, 6.45) is 6.14. The van der Waals surface area contributed by atoms with Gasteiger partial charge in [-0.1, -0.05) is 56.5 Å². The maximum Gasteiger partial charge on any atom is 0.0543 e. The van der Waals surface area contributed by atoms with E-state index in [1.165, 1.54) is 18.4 Å². The maximum absolute atomic E-state index is 9.97. The number of hydrogen-bond acceptors (Lipinski definition) is 2. The van der Waals surface area contributed by atoms with Crippen molar-refractivity contribution in [3.63, 3.8) is 0 Å². The van der Waals surface area contributed by atoms with Crippen molar-refractivity contribution < 1.29 is 5.11 Å². The predicted octanol–water partition coefficient (Wildman–Crippen LogP) is 5.30. The molecule has 22 heavy (non-hydrogen) atoms. The minimum atomic E-state index is -0.159. The van der Waals surface area contributed by atoms with Crippen molar-refractivity contribution in [3.8, 4) is 0 Å². The van der Waals surface area contributed by atoms with E-state index in [4.69, 9.17) is 0 Å². The molecular formula is C20H27NO. The monoisotopic (exact) mass is 297 g/mol. The fourth-order valence-electron chi connectivity index (χ4n) is 2.55. The van der Waals surface area contributed by atoms with Gasteiger partial charge in [0.2, 0.25) is 0 Å². The summed E-state index contributed by atoms with van der Waals surface area (Å²) in [5.74, 6) is 0. The Hall–Kier alpha value is -1.80. The molecule has 2 aromatic rings. The summed E-state index contributed by atoms with van der Waals surface area (Å²) in [4.78, 5) is 0. The van der Waals surface area contributed by atoms with Crippen LogP contribution in [0.3, 0.4) is 0 Å². The number of para-hydroxylation sites is 1. The fourth-order valence-corrected chi connectivity index (χ4v) is 2.55. The number of aliphatic hydroxyl groups is 1. The molecule has 0 spiro atoms. The third kappa shape index (κ3) is 5.90. The first-order chi connectivity index (χ1) is 10.8. The standard InChI is InChI=1S/C20H27NO/c1-2-3-5-10-20(22)16-13-17-11-14-19(15-12-17)21-18-8-6-4-7-9-18/h4,6-9,11-12,14-15,20-22H,2-3,5,10,13,16H2,1H3. The summed E-state index contributed by atoms with van der Waals surface area (Å²) < 4.78 is 0. The lowest BCUT2D eigenvalue weighted by Gasteiger charge is -2.11. The molecule has 0 fully saturated rings. The zero-order valence-corrected chi connectivity index (χ0v) is 13.5. The van der Waals surface area contributed by atoms with E-state index in [-0.39, 0.29) is 6.10 Å². The van der Waals surface area contributed by atoms with E-state index < -0.39 is 0 Å². The normalized spacial score (nSPS) is 12.1. The SMILES string of the molecule is CCCCCC(O)CCc1ccc(Nc2ccccc2)cc1. The largest absolute Gasteiger partial charge is 0.393 e. The first-order valence-corrected chi connectivity index (χ1v) is 8.37. The highest BCUT2D eigenvalue weighted by atomic mass is 16.3. The van der Waals surface area contributed by atoms with Crippen LogP contribution in [0.25, 0.3) is 0 Å². The van der Waals surface area contributed by atoms with Gasteiger partial charge in [0.1, 0.15) is 0 Å². The smallest absolute Gasteiger partial charge is 0.0543 e. The van der Waals surface area contributed by atoms with Gasteiger partial charge in [-0.15, -0.1) is 0 Å². The van der Waals surface area contributed by atoms with Gasteiger partial charge < -0.3 is 10.4 Å². The van der Waals surface area contributed by atoms with Gasteiger partial charge in [-0.25, -0.2) is 0 Å². The second kappa shape index (κ2) is 9.26. The van der Waals surface area contributed by atoms with E-state index in [0.29, 0.717) is 0 Å². The molecule has 2 aromatic carbocycles. The average Bonchev–Trinajstić information content (AvgIpc) is 2.55. The van der Waals surface area contributed by atoms with E-state index in [1.807, 2.05) is 18.2 Å². The van der Waals surface area contributed by atoms with Crippen LogP contribution in [0.4, 0.5) is 11.4 Å². The maximum atomic E-state index is 9.97. The van der Waals surface area contributed by atoms with E-state index in [0.717, 1.165) is 37.1 Å². The molecule has 0 aromatic heterocycles. The molecule has 0 aliphatic rings. The van der Waals surface area contributed by atoms with E-state index in [9.17, 15) is 5.11 Å². The fraction of sp³-hybridized carbons (Fsp3) is 0.400. The first-order valence-electron chi connectivity index (χ1n) is 8.37. The number of anilines is 2. The van der Waals surface area contributed by atoms with Crippen LogP contribution < -0.4 is 5.32 Å². The van der Waals surface area contributed by atoms with Crippen molar-refractivity contribution in [3.05, 3.63) is 60.2 Å². The topological polar surface area (TPSA) is 32.3 Å². The summed E-state index contributed by atoms with van der Waals surface area (Å²) in [6, 6.07) is 18.7. The quantitative estimate of drug-likeness (QED) is 0.615. The van der Waals surface area contributed by atoms with Gasteiger partial charge in [0.15, 0.2) is 0 Å². The Morgan fingerprint density at radius 1 is 0.864 bits per heavy atom. The van der Waals surface area contributed by atoms with Crippen molar-refractivity contribution in [2.75, 3.05) is 5.32 Å². The molecule has 0 saturated carbocycles. The van der Waals surface area contributed by atoms with Crippen molar-refractivity contribution in [2.45, 2.75) is 51.6 Å². The molecular weight excluding hydrogens is 270 g/mol. The molecule has 0 aliphatic carbocycles. The highest BCUT2D eigenvalue weighted by Crippen LogP contribution is 2.18. The molecule has 0 radical (unpaired) electrons. The number of rotatable bonds is 9. The van der Waals surface area contributed by atoms with Crippen LogP contribution >= 0.6 is 0 Å². The number of aliphatic hydroxyl groups excluding tert-OH is 1. The van der Waals surface area contributed by atoms with Crippen LogP contribution in [0.2, 0.25) is 0 Å². The Bertz CT molecular complexity index is 521. The summed E-state index contributed by atoms with van der Waals surface area (Å²) >= 11 is 0. The number of benzene rings is 2. The number of hydrogen-bond donors (Lipinski definition) is 2. The predicted molar refractivity (Wildman–Crippen MR) is 94.6 cm³/mol. The molecule has 2 nitrogen and oxygen atoms in total. The van der Waals surface area contributed by atoms with Crippen molar-refractivity contribution in [1.29, 1.82) is 0 Å². The Kier molecular flexibility index (Phi) is 6.98. The Labute approximate surface area is 134 Å².